The average Bonchev–Trinajstić information content (AvgIpc) is 2.59. The van der Waals surface area contributed by atoms with E-state index in [2.05, 4.69) is 22.5 Å². The van der Waals surface area contributed by atoms with Crippen LogP contribution >= 0.6 is 0 Å². The molecule has 0 aromatic rings. The molecule has 4 heteroatoms. The number of aliphatic hydroxyl groups is 1. The molecule has 0 aliphatic carbocycles. The van der Waals surface area contributed by atoms with Gasteiger partial charge in [-0.15, -0.1) is 0 Å². The number of rotatable bonds is 2. The largest absolute Gasteiger partial charge is 0.394 e. The summed E-state index contributed by atoms with van der Waals surface area (Å²) < 4.78 is 0. The summed E-state index contributed by atoms with van der Waals surface area (Å²) in [6.07, 6.45) is 2.27. The summed E-state index contributed by atoms with van der Waals surface area (Å²) in [4.78, 5) is 2.53. The molecule has 4 nitrogen and oxygen atoms in total. The standard InChI is InChI=1S/C12H25N3O/c1-11-9-14-5-3-12(11,10-16)15-7-2-4-13-6-8-15/h11,13-14,16H,2-10H2,1H3. The van der Waals surface area contributed by atoms with Crippen molar-refractivity contribution in [2.24, 2.45) is 5.92 Å². The van der Waals surface area contributed by atoms with E-state index in [1.54, 1.807) is 0 Å². The van der Waals surface area contributed by atoms with Gasteiger partial charge >= 0.3 is 0 Å². The van der Waals surface area contributed by atoms with Crippen LogP contribution in [-0.2, 0) is 0 Å². The third-order valence-corrected chi connectivity index (χ3v) is 4.35. The molecule has 94 valence electrons. The first-order valence-electron chi connectivity index (χ1n) is 6.57. The molecule has 2 aliphatic heterocycles. The maximum atomic E-state index is 9.87. The molecule has 3 N–H and O–H groups in total. The van der Waals surface area contributed by atoms with Crippen molar-refractivity contribution in [3.05, 3.63) is 0 Å². The minimum absolute atomic E-state index is 0.0251. The molecular weight excluding hydrogens is 202 g/mol. The summed E-state index contributed by atoms with van der Waals surface area (Å²) in [5.74, 6) is 0.532. The van der Waals surface area contributed by atoms with Gasteiger partial charge in [0.1, 0.15) is 0 Å². The Morgan fingerprint density at radius 3 is 2.88 bits per heavy atom. The molecule has 0 radical (unpaired) electrons. The van der Waals surface area contributed by atoms with Crippen LogP contribution in [0.15, 0.2) is 0 Å². The zero-order chi connectivity index (χ0) is 11.4. The van der Waals surface area contributed by atoms with Crippen molar-refractivity contribution in [1.29, 1.82) is 0 Å². The summed E-state index contributed by atoms with van der Waals surface area (Å²) >= 11 is 0. The van der Waals surface area contributed by atoms with Gasteiger partial charge in [0.15, 0.2) is 0 Å². The Kier molecular flexibility index (Phi) is 4.19. The predicted molar refractivity (Wildman–Crippen MR) is 65.5 cm³/mol. The number of hydrogen-bond acceptors (Lipinski definition) is 4. The summed E-state index contributed by atoms with van der Waals surface area (Å²) in [5.41, 5.74) is 0.0251. The van der Waals surface area contributed by atoms with Gasteiger partial charge in [-0.1, -0.05) is 6.92 Å². The first-order valence-corrected chi connectivity index (χ1v) is 6.57. The van der Waals surface area contributed by atoms with E-state index in [0.717, 1.165) is 45.7 Å². The first-order chi connectivity index (χ1) is 7.79. The fourth-order valence-electron chi connectivity index (χ4n) is 3.16. The van der Waals surface area contributed by atoms with Crippen LogP contribution in [0.4, 0.5) is 0 Å². The van der Waals surface area contributed by atoms with Crippen LogP contribution in [0.2, 0.25) is 0 Å². The van der Waals surface area contributed by atoms with Crippen molar-refractivity contribution >= 4 is 0 Å². The van der Waals surface area contributed by atoms with Gasteiger partial charge in [0, 0.05) is 25.2 Å². The number of piperidine rings is 1. The molecule has 0 spiro atoms. The summed E-state index contributed by atoms with van der Waals surface area (Å²) in [6, 6.07) is 0. The molecule has 16 heavy (non-hydrogen) atoms. The zero-order valence-electron chi connectivity index (χ0n) is 10.3. The Hall–Kier alpha value is -0.160. The van der Waals surface area contributed by atoms with Crippen LogP contribution < -0.4 is 10.6 Å². The zero-order valence-corrected chi connectivity index (χ0v) is 10.3. The lowest BCUT2D eigenvalue weighted by Crippen LogP contribution is -2.62. The molecule has 0 aromatic carbocycles. The van der Waals surface area contributed by atoms with Crippen LogP contribution in [0.1, 0.15) is 19.8 Å². The van der Waals surface area contributed by atoms with Gasteiger partial charge in [0.05, 0.1) is 6.61 Å². The van der Waals surface area contributed by atoms with Crippen LogP contribution in [0.3, 0.4) is 0 Å². The number of hydrogen-bond donors (Lipinski definition) is 3. The van der Waals surface area contributed by atoms with E-state index in [-0.39, 0.29) is 5.54 Å². The molecule has 2 saturated heterocycles. The predicted octanol–water partition coefficient (Wildman–Crippen LogP) is -0.358. The lowest BCUT2D eigenvalue weighted by atomic mass is 9.78. The fraction of sp³-hybridized carbons (Fsp3) is 1.00. The molecule has 2 fully saturated rings. The van der Waals surface area contributed by atoms with Gasteiger partial charge in [0.25, 0.3) is 0 Å². The quantitative estimate of drug-likeness (QED) is 0.603. The van der Waals surface area contributed by atoms with Crippen molar-refractivity contribution in [2.45, 2.75) is 25.3 Å². The third kappa shape index (κ3) is 2.25. The van der Waals surface area contributed by atoms with E-state index < -0.39 is 0 Å². The van der Waals surface area contributed by atoms with Crippen molar-refractivity contribution in [3.8, 4) is 0 Å². The molecule has 0 bridgehead atoms. The number of nitrogens with one attached hydrogen (secondary N) is 2. The molecule has 0 aromatic heterocycles. The minimum Gasteiger partial charge on any atom is -0.394 e. The van der Waals surface area contributed by atoms with Crippen LogP contribution in [0, 0.1) is 5.92 Å². The second kappa shape index (κ2) is 5.45. The van der Waals surface area contributed by atoms with Gasteiger partial charge in [-0.25, -0.2) is 0 Å². The first kappa shape index (κ1) is 12.3. The SMILES string of the molecule is CC1CNCCC1(CO)N1CCCNCC1. The highest BCUT2D eigenvalue weighted by Crippen LogP contribution is 2.31. The Morgan fingerprint density at radius 1 is 1.25 bits per heavy atom. The molecule has 0 amide bonds. The Morgan fingerprint density at radius 2 is 2.12 bits per heavy atom. The molecule has 2 aliphatic rings. The van der Waals surface area contributed by atoms with Crippen LogP contribution in [-0.4, -0.2) is 61.4 Å². The Labute approximate surface area is 98.4 Å². The third-order valence-electron chi connectivity index (χ3n) is 4.35. The molecule has 2 heterocycles. The van der Waals surface area contributed by atoms with E-state index in [1.807, 2.05) is 0 Å². The Bertz CT molecular complexity index is 216. The normalized spacial score (nSPS) is 38.2. The number of aliphatic hydroxyl groups excluding tert-OH is 1. The van der Waals surface area contributed by atoms with E-state index in [0.29, 0.717) is 12.5 Å². The smallest absolute Gasteiger partial charge is 0.0619 e. The lowest BCUT2D eigenvalue weighted by molar-refractivity contribution is -0.0260. The maximum absolute atomic E-state index is 9.87. The highest BCUT2D eigenvalue weighted by Gasteiger charge is 2.42. The van der Waals surface area contributed by atoms with Gasteiger partial charge in [-0.2, -0.15) is 0 Å². The maximum Gasteiger partial charge on any atom is 0.0619 e. The average molecular weight is 227 g/mol. The van der Waals surface area contributed by atoms with Crippen molar-refractivity contribution in [2.75, 3.05) is 45.9 Å². The summed E-state index contributed by atoms with van der Waals surface area (Å²) in [5, 5.41) is 16.7. The summed E-state index contributed by atoms with van der Waals surface area (Å²) in [6.45, 7) is 9.01. The molecule has 2 unspecified atom stereocenters. The second-order valence-corrected chi connectivity index (χ2v) is 5.21. The molecule has 2 atom stereocenters. The fourth-order valence-corrected chi connectivity index (χ4v) is 3.16. The van der Waals surface area contributed by atoms with Crippen LogP contribution in [0.25, 0.3) is 0 Å². The Balaban J connectivity index is 2.10. The molecular formula is C12H25N3O. The lowest BCUT2D eigenvalue weighted by Gasteiger charge is -2.49. The van der Waals surface area contributed by atoms with E-state index >= 15 is 0 Å². The van der Waals surface area contributed by atoms with Crippen molar-refractivity contribution < 1.29 is 5.11 Å². The van der Waals surface area contributed by atoms with Crippen molar-refractivity contribution in [3.63, 3.8) is 0 Å². The second-order valence-electron chi connectivity index (χ2n) is 5.21. The van der Waals surface area contributed by atoms with E-state index in [9.17, 15) is 5.11 Å². The van der Waals surface area contributed by atoms with Gasteiger partial charge in [-0.05, 0) is 38.4 Å². The van der Waals surface area contributed by atoms with Gasteiger partial charge in [-0.3, -0.25) is 4.90 Å². The summed E-state index contributed by atoms with van der Waals surface area (Å²) in [7, 11) is 0. The minimum atomic E-state index is 0.0251. The van der Waals surface area contributed by atoms with Gasteiger partial charge in [0.2, 0.25) is 0 Å². The van der Waals surface area contributed by atoms with Gasteiger partial charge < -0.3 is 15.7 Å². The van der Waals surface area contributed by atoms with E-state index in [1.165, 1.54) is 6.42 Å². The monoisotopic (exact) mass is 227 g/mol. The number of nitrogens with zero attached hydrogens (tertiary/aromatic N) is 1. The molecule has 2 rings (SSSR count). The van der Waals surface area contributed by atoms with Crippen LogP contribution in [0.5, 0.6) is 0 Å². The van der Waals surface area contributed by atoms with Crippen molar-refractivity contribution in [1.82, 2.24) is 15.5 Å². The topological polar surface area (TPSA) is 47.5 Å². The van der Waals surface area contributed by atoms with E-state index in [4.69, 9.17) is 0 Å². The highest BCUT2D eigenvalue weighted by atomic mass is 16.3. The highest BCUT2D eigenvalue weighted by molar-refractivity contribution is 4.99. The molecule has 0 saturated carbocycles.